The molecule has 0 N–H and O–H groups in total. The van der Waals surface area contributed by atoms with Gasteiger partial charge >= 0.3 is 0 Å². The molecule has 0 bridgehead atoms. The molecule has 0 saturated heterocycles. The number of rotatable bonds is 3. The van der Waals surface area contributed by atoms with E-state index in [0.29, 0.717) is 16.1 Å². The number of carbonyl (C=O) groups is 1. The van der Waals surface area contributed by atoms with E-state index in [4.69, 9.17) is 16.0 Å². The first-order chi connectivity index (χ1) is 14.9. The van der Waals surface area contributed by atoms with E-state index in [-0.39, 0.29) is 34.3 Å². The highest BCUT2D eigenvalue weighted by molar-refractivity contribution is 6.31. The van der Waals surface area contributed by atoms with Gasteiger partial charge in [0.05, 0.1) is 17.0 Å². The van der Waals surface area contributed by atoms with Crippen molar-refractivity contribution < 1.29 is 18.0 Å². The molecule has 5 rings (SSSR count). The van der Waals surface area contributed by atoms with Crippen molar-refractivity contribution in [1.29, 1.82) is 0 Å². The number of hydrogen-bond acceptors (Lipinski definition) is 3. The zero-order valence-corrected chi connectivity index (χ0v) is 16.7. The highest BCUT2D eigenvalue weighted by Crippen LogP contribution is 2.39. The fourth-order valence-corrected chi connectivity index (χ4v) is 4.11. The maximum atomic E-state index is 13.5. The molecule has 0 fully saturated rings. The van der Waals surface area contributed by atoms with Gasteiger partial charge in [-0.05, 0) is 53.6 Å². The lowest BCUT2D eigenvalue weighted by atomic mass is 9.98. The molecule has 4 aromatic rings. The van der Waals surface area contributed by atoms with Crippen LogP contribution in [-0.4, -0.2) is 10.8 Å². The Morgan fingerprint density at radius 2 is 1.55 bits per heavy atom. The molecule has 1 unspecified atom stereocenters. The van der Waals surface area contributed by atoms with Crippen LogP contribution in [0.15, 0.2) is 75.9 Å². The second-order valence-electron chi connectivity index (χ2n) is 7.33. The van der Waals surface area contributed by atoms with E-state index in [9.17, 15) is 18.4 Å². The highest BCUT2D eigenvalue weighted by atomic mass is 35.5. The standard InChI is InChI=1S/C24H14ClF2NO3/c25-15-5-10-19-18(11-15)22(29)20-21(14-3-8-17(27)9-4-14)28(24(30)23(20)31-19)12-13-1-6-16(26)7-2-13/h1-11,21H,12H2. The van der Waals surface area contributed by atoms with Gasteiger partial charge < -0.3 is 9.32 Å². The zero-order chi connectivity index (χ0) is 21.7. The monoisotopic (exact) mass is 437 g/mol. The molecule has 0 radical (unpaired) electrons. The van der Waals surface area contributed by atoms with Crippen molar-refractivity contribution in [2.75, 3.05) is 0 Å². The Morgan fingerprint density at radius 1 is 0.903 bits per heavy atom. The molecule has 0 aliphatic carbocycles. The molecule has 3 aromatic carbocycles. The topological polar surface area (TPSA) is 50.5 Å². The van der Waals surface area contributed by atoms with Gasteiger partial charge in [-0.1, -0.05) is 35.9 Å². The van der Waals surface area contributed by atoms with E-state index < -0.39 is 23.6 Å². The molecule has 1 aromatic heterocycles. The Hall–Kier alpha value is -3.51. The molecule has 2 heterocycles. The van der Waals surface area contributed by atoms with Gasteiger partial charge in [-0.2, -0.15) is 0 Å². The molecule has 0 saturated carbocycles. The Kier molecular flexibility index (Phi) is 4.59. The van der Waals surface area contributed by atoms with Crippen molar-refractivity contribution in [3.8, 4) is 0 Å². The van der Waals surface area contributed by atoms with Gasteiger partial charge in [-0.3, -0.25) is 9.59 Å². The lowest BCUT2D eigenvalue weighted by Gasteiger charge is -2.25. The Bertz CT molecular complexity index is 1380. The minimum atomic E-state index is -0.784. The number of nitrogens with zero attached hydrogens (tertiary/aromatic N) is 1. The van der Waals surface area contributed by atoms with Crippen LogP contribution in [-0.2, 0) is 6.54 Å². The molecule has 4 nitrogen and oxygen atoms in total. The first-order valence-corrected chi connectivity index (χ1v) is 9.87. The smallest absolute Gasteiger partial charge is 0.291 e. The van der Waals surface area contributed by atoms with Crippen LogP contribution in [0.1, 0.15) is 33.3 Å². The van der Waals surface area contributed by atoms with Crippen molar-refractivity contribution in [1.82, 2.24) is 4.90 Å². The number of benzene rings is 3. The van der Waals surface area contributed by atoms with Crippen LogP contribution < -0.4 is 5.43 Å². The largest absolute Gasteiger partial charge is 0.450 e. The molecular formula is C24H14ClF2NO3. The van der Waals surface area contributed by atoms with Crippen LogP contribution in [0.3, 0.4) is 0 Å². The van der Waals surface area contributed by atoms with Crippen molar-refractivity contribution in [3.05, 3.63) is 116 Å². The highest BCUT2D eigenvalue weighted by Gasteiger charge is 2.42. The summed E-state index contributed by atoms with van der Waals surface area (Å²) in [5, 5.41) is 0.625. The maximum Gasteiger partial charge on any atom is 0.291 e. The van der Waals surface area contributed by atoms with Crippen molar-refractivity contribution >= 4 is 28.5 Å². The van der Waals surface area contributed by atoms with Crippen molar-refractivity contribution in [3.63, 3.8) is 0 Å². The Balaban J connectivity index is 1.72. The SMILES string of the molecule is O=C1c2oc3ccc(Cl)cc3c(=O)c2C(c2ccc(F)cc2)N1Cc1ccc(F)cc1. The summed E-state index contributed by atoms with van der Waals surface area (Å²) in [6.07, 6.45) is 0. The van der Waals surface area contributed by atoms with E-state index in [0.717, 1.165) is 0 Å². The maximum absolute atomic E-state index is 13.5. The minimum Gasteiger partial charge on any atom is -0.450 e. The van der Waals surface area contributed by atoms with E-state index in [2.05, 4.69) is 0 Å². The van der Waals surface area contributed by atoms with Gasteiger partial charge in [0.1, 0.15) is 17.2 Å². The second kappa shape index (κ2) is 7.32. The predicted molar refractivity (Wildman–Crippen MR) is 112 cm³/mol. The number of amides is 1. The summed E-state index contributed by atoms with van der Waals surface area (Å²) in [7, 11) is 0. The summed E-state index contributed by atoms with van der Waals surface area (Å²) in [5.41, 5.74) is 1.29. The molecule has 1 aliphatic rings. The third-order valence-electron chi connectivity index (χ3n) is 5.38. The fourth-order valence-electron chi connectivity index (χ4n) is 3.93. The number of hydrogen-bond donors (Lipinski definition) is 0. The lowest BCUT2D eigenvalue weighted by molar-refractivity contribution is 0.0714. The minimum absolute atomic E-state index is 0.0590. The van der Waals surface area contributed by atoms with Gasteiger partial charge in [0, 0.05) is 11.6 Å². The molecule has 7 heteroatoms. The van der Waals surface area contributed by atoms with Crippen LogP contribution in [0.25, 0.3) is 11.0 Å². The normalized spacial score (nSPS) is 15.5. The molecular weight excluding hydrogens is 424 g/mol. The number of fused-ring (bicyclic) bond motifs is 2. The first-order valence-electron chi connectivity index (χ1n) is 9.49. The third kappa shape index (κ3) is 3.29. The number of carbonyl (C=O) groups excluding carboxylic acids is 1. The fraction of sp³-hybridized carbons (Fsp3) is 0.0833. The molecule has 1 aliphatic heterocycles. The van der Waals surface area contributed by atoms with Gasteiger partial charge in [0.2, 0.25) is 5.76 Å². The summed E-state index contributed by atoms with van der Waals surface area (Å²) in [5.74, 6) is -1.36. The van der Waals surface area contributed by atoms with Crippen molar-refractivity contribution in [2.24, 2.45) is 0 Å². The zero-order valence-electron chi connectivity index (χ0n) is 15.9. The summed E-state index contributed by atoms with van der Waals surface area (Å²) in [4.78, 5) is 28.2. The summed E-state index contributed by atoms with van der Waals surface area (Å²) in [6, 6.07) is 15.2. The van der Waals surface area contributed by atoms with E-state index in [1.807, 2.05) is 0 Å². The van der Waals surface area contributed by atoms with Crippen LogP contribution in [0.4, 0.5) is 8.78 Å². The summed E-state index contributed by atoms with van der Waals surface area (Å²) >= 11 is 6.06. The summed E-state index contributed by atoms with van der Waals surface area (Å²) < 4.78 is 32.7. The van der Waals surface area contributed by atoms with Gasteiger partial charge in [-0.15, -0.1) is 0 Å². The quantitative estimate of drug-likeness (QED) is 0.427. The number of halogens is 3. The van der Waals surface area contributed by atoms with E-state index >= 15 is 0 Å². The average Bonchev–Trinajstić information content (AvgIpc) is 3.03. The molecule has 1 amide bonds. The molecule has 31 heavy (non-hydrogen) atoms. The molecule has 0 spiro atoms. The Labute approximate surface area is 180 Å². The van der Waals surface area contributed by atoms with Crippen LogP contribution in [0.5, 0.6) is 0 Å². The van der Waals surface area contributed by atoms with Crippen LogP contribution >= 0.6 is 11.6 Å². The second-order valence-corrected chi connectivity index (χ2v) is 7.76. The van der Waals surface area contributed by atoms with E-state index in [1.54, 1.807) is 24.3 Å². The predicted octanol–water partition coefficient (Wildman–Crippen LogP) is 5.47. The van der Waals surface area contributed by atoms with E-state index in [1.165, 1.54) is 47.4 Å². The van der Waals surface area contributed by atoms with Crippen LogP contribution in [0.2, 0.25) is 5.02 Å². The molecule has 154 valence electrons. The first kappa shape index (κ1) is 19.5. The van der Waals surface area contributed by atoms with Gasteiger partial charge in [0.25, 0.3) is 5.91 Å². The molecule has 1 atom stereocenters. The third-order valence-corrected chi connectivity index (χ3v) is 5.61. The Morgan fingerprint density at radius 3 is 2.23 bits per heavy atom. The van der Waals surface area contributed by atoms with Crippen molar-refractivity contribution in [2.45, 2.75) is 12.6 Å². The lowest BCUT2D eigenvalue weighted by Crippen LogP contribution is -2.29. The van der Waals surface area contributed by atoms with Crippen LogP contribution in [0, 0.1) is 11.6 Å². The average molecular weight is 438 g/mol. The van der Waals surface area contributed by atoms with Gasteiger partial charge in [-0.25, -0.2) is 8.78 Å². The summed E-state index contributed by atoms with van der Waals surface area (Å²) in [6.45, 7) is 0.113. The van der Waals surface area contributed by atoms with Gasteiger partial charge in [0.15, 0.2) is 5.43 Å².